The van der Waals surface area contributed by atoms with Crippen molar-refractivity contribution in [3.8, 4) is 0 Å². The van der Waals surface area contributed by atoms with Crippen molar-refractivity contribution in [3.05, 3.63) is 71.8 Å². The number of carbonyl (C=O) groups excluding carboxylic acids is 1. The van der Waals surface area contributed by atoms with Gasteiger partial charge in [-0.05, 0) is 16.5 Å². The molecule has 0 fully saturated rings. The summed E-state index contributed by atoms with van der Waals surface area (Å²) in [6, 6.07) is 18.6. The molecule has 0 unspecified atom stereocenters. The molecular formula is C17H19KO2. The van der Waals surface area contributed by atoms with Gasteiger partial charge in [-0.1, -0.05) is 81.4 Å². The largest absolute Gasteiger partial charge is 1.00 e. The number of hydrogen-bond acceptors (Lipinski definition) is 2. The van der Waals surface area contributed by atoms with Crippen molar-refractivity contribution in [1.82, 2.24) is 0 Å². The van der Waals surface area contributed by atoms with Crippen molar-refractivity contribution < 1.29 is 61.3 Å². The molecule has 3 heteroatoms. The van der Waals surface area contributed by atoms with Crippen LogP contribution in [0.15, 0.2) is 60.7 Å². The van der Waals surface area contributed by atoms with Crippen LogP contribution >= 0.6 is 0 Å². The first-order valence-corrected chi connectivity index (χ1v) is 6.23. The predicted octanol–water partition coefficient (Wildman–Crippen LogP) is 0.0382. The molecule has 0 spiro atoms. The van der Waals surface area contributed by atoms with Crippen molar-refractivity contribution in [1.29, 1.82) is 0 Å². The fourth-order valence-corrected chi connectivity index (χ4v) is 1.51. The average molecular weight is 294 g/mol. The summed E-state index contributed by atoms with van der Waals surface area (Å²) in [5, 5.41) is 10.1. The van der Waals surface area contributed by atoms with E-state index in [-0.39, 0.29) is 56.9 Å². The normalized spacial score (nSPS) is 9.75. The number of carboxylic acids is 1. The zero-order valence-electron chi connectivity index (χ0n) is 12.6. The molecule has 20 heavy (non-hydrogen) atoms. The fourth-order valence-electron chi connectivity index (χ4n) is 1.51. The van der Waals surface area contributed by atoms with Gasteiger partial charge in [-0.25, -0.2) is 0 Å². The number of rotatable bonds is 1. The molecular weight excluding hydrogens is 275 g/mol. The zero-order valence-corrected chi connectivity index (χ0v) is 15.7. The topological polar surface area (TPSA) is 40.1 Å². The smallest absolute Gasteiger partial charge is 0.545 e. The van der Waals surface area contributed by atoms with E-state index in [0.717, 1.165) is 0 Å². The maximum Gasteiger partial charge on any atom is 1.00 e. The van der Waals surface area contributed by atoms with Gasteiger partial charge in [0.05, 0.1) is 5.97 Å². The van der Waals surface area contributed by atoms with Crippen LogP contribution in [0.2, 0.25) is 0 Å². The van der Waals surface area contributed by atoms with Gasteiger partial charge in [0.15, 0.2) is 0 Å². The second kappa shape index (κ2) is 9.48. The summed E-state index contributed by atoms with van der Waals surface area (Å²) in [6.07, 6.45) is 0. The van der Waals surface area contributed by atoms with E-state index in [1.807, 2.05) is 0 Å². The molecule has 2 rings (SSSR count). The van der Waals surface area contributed by atoms with Crippen LogP contribution in [0.25, 0.3) is 0 Å². The second-order valence-corrected chi connectivity index (χ2v) is 5.27. The molecule has 0 aliphatic heterocycles. The van der Waals surface area contributed by atoms with Crippen molar-refractivity contribution in [3.63, 3.8) is 0 Å². The SMILES string of the molecule is CC(C)(C)c1ccccc1.O=C([O-])c1ccccc1.[K+]. The van der Waals surface area contributed by atoms with Gasteiger partial charge in [0, 0.05) is 0 Å². The third-order valence-electron chi connectivity index (χ3n) is 2.65. The molecule has 0 aromatic heterocycles. The van der Waals surface area contributed by atoms with Crippen molar-refractivity contribution in [2.24, 2.45) is 0 Å². The summed E-state index contributed by atoms with van der Waals surface area (Å²) in [6.45, 7) is 6.67. The third kappa shape index (κ3) is 7.36. The van der Waals surface area contributed by atoms with Crippen LogP contribution in [0.3, 0.4) is 0 Å². The quantitative estimate of drug-likeness (QED) is 0.697. The van der Waals surface area contributed by atoms with E-state index >= 15 is 0 Å². The number of hydrogen-bond donors (Lipinski definition) is 0. The molecule has 0 saturated heterocycles. The van der Waals surface area contributed by atoms with E-state index in [4.69, 9.17) is 0 Å². The zero-order chi connectivity index (χ0) is 14.3. The third-order valence-corrected chi connectivity index (χ3v) is 2.65. The summed E-state index contributed by atoms with van der Waals surface area (Å²) in [5.41, 5.74) is 1.91. The second-order valence-electron chi connectivity index (χ2n) is 5.27. The average Bonchev–Trinajstić information content (AvgIpc) is 2.40. The van der Waals surface area contributed by atoms with Crippen LogP contribution in [0.1, 0.15) is 36.7 Å². The first-order chi connectivity index (χ1) is 8.91. The first-order valence-electron chi connectivity index (χ1n) is 6.23. The monoisotopic (exact) mass is 294 g/mol. The Hall–Kier alpha value is -0.454. The maximum absolute atomic E-state index is 10.1. The molecule has 100 valence electrons. The maximum atomic E-state index is 10.1. The molecule has 0 radical (unpaired) electrons. The van der Waals surface area contributed by atoms with E-state index in [1.165, 1.54) is 17.7 Å². The minimum Gasteiger partial charge on any atom is -0.545 e. The van der Waals surface area contributed by atoms with Crippen molar-refractivity contribution >= 4 is 5.97 Å². The summed E-state index contributed by atoms with van der Waals surface area (Å²) < 4.78 is 0. The van der Waals surface area contributed by atoms with Gasteiger partial charge in [-0.3, -0.25) is 0 Å². The molecule has 0 amide bonds. The number of carbonyl (C=O) groups is 1. The Kier molecular flexibility index (Phi) is 9.26. The van der Waals surface area contributed by atoms with Crippen LogP contribution in [-0.2, 0) is 5.41 Å². The van der Waals surface area contributed by atoms with E-state index in [1.54, 1.807) is 18.2 Å². The Bertz CT molecular complexity index is 502. The number of aromatic carboxylic acids is 1. The molecule has 0 bridgehead atoms. The Morgan fingerprint density at radius 3 is 1.50 bits per heavy atom. The summed E-state index contributed by atoms with van der Waals surface area (Å²) in [4.78, 5) is 10.1. The van der Waals surface area contributed by atoms with Crippen LogP contribution in [0.4, 0.5) is 0 Å². The van der Waals surface area contributed by atoms with Gasteiger partial charge in [-0.15, -0.1) is 0 Å². The fraction of sp³-hybridized carbons (Fsp3) is 0.235. The summed E-state index contributed by atoms with van der Waals surface area (Å²) in [5.74, 6) is -1.13. The van der Waals surface area contributed by atoms with Crippen molar-refractivity contribution in [2.75, 3.05) is 0 Å². The van der Waals surface area contributed by atoms with Crippen molar-refractivity contribution in [2.45, 2.75) is 26.2 Å². The molecule has 0 N–H and O–H groups in total. The van der Waals surface area contributed by atoms with Gasteiger partial charge in [-0.2, -0.15) is 0 Å². The van der Waals surface area contributed by atoms with Gasteiger partial charge >= 0.3 is 51.4 Å². The molecule has 0 heterocycles. The molecule has 2 aromatic carbocycles. The molecule has 0 atom stereocenters. The number of carboxylic acid groups (broad SMARTS) is 1. The molecule has 2 aromatic rings. The Morgan fingerprint density at radius 2 is 1.25 bits per heavy atom. The Morgan fingerprint density at radius 1 is 0.850 bits per heavy atom. The molecule has 2 nitrogen and oxygen atoms in total. The minimum absolute atomic E-state index is 0. The van der Waals surface area contributed by atoms with Crippen LogP contribution in [0, 0.1) is 0 Å². The van der Waals surface area contributed by atoms with Crippen LogP contribution in [0.5, 0.6) is 0 Å². The summed E-state index contributed by atoms with van der Waals surface area (Å²) in [7, 11) is 0. The Labute approximate surface area is 163 Å². The van der Waals surface area contributed by atoms with Crippen LogP contribution in [-0.4, -0.2) is 5.97 Å². The predicted molar refractivity (Wildman–Crippen MR) is 75.9 cm³/mol. The molecule has 0 aliphatic carbocycles. The first kappa shape index (κ1) is 19.5. The van der Waals surface area contributed by atoms with Gasteiger partial charge < -0.3 is 9.90 Å². The molecule has 0 aliphatic rings. The molecule has 0 saturated carbocycles. The van der Waals surface area contributed by atoms with E-state index < -0.39 is 5.97 Å². The number of benzene rings is 2. The van der Waals surface area contributed by atoms with E-state index in [2.05, 4.69) is 51.1 Å². The van der Waals surface area contributed by atoms with Gasteiger partial charge in [0.25, 0.3) is 0 Å². The van der Waals surface area contributed by atoms with Gasteiger partial charge in [0.1, 0.15) is 0 Å². The van der Waals surface area contributed by atoms with E-state index in [9.17, 15) is 9.90 Å². The van der Waals surface area contributed by atoms with Gasteiger partial charge in [0.2, 0.25) is 0 Å². The van der Waals surface area contributed by atoms with E-state index in [0.29, 0.717) is 5.41 Å². The standard InChI is InChI=1S/C10H14.C7H6O2.K/c1-10(2,3)9-7-5-4-6-8-9;8-7(9)6-4-2-1-3-5-6;/h4-8H,1-3H3;1-5H,(H,8,9);/q;;+1/p-1. The minimum atomic E-state index is -1.13. The van der Waals surface area contributed by atoms with Crippen LogP contribution < -0.4 is 56.5 Å². The summed E-state index contributed by atoms with van der Waals surface area (Å²) >= 11 is 0. The Balaban J connectivity index is 0.000000345.